The third-order valence-electron chi connectivity index (χ3n) is 5.44. The van der Waals surface area contributed by atoms with Gasteiger partial charge in [0.1, 0.15) is 15.6 Å². The molecule has 0 radical (unpaired) electrons. The highest BCUT2D eigenvalue weighted by Gasteiger charge is 2.25. The Morgan fingerprint density at radius 2 is 1.52 bits per heavy atom. The number of aromatic nitrogens is 4. The monoisotopic (exact) mass is 729 g/mol. The molecular weight excluding hydrogens is 717 g/mol. The summed E-state index contributed by atoms with van der Waals surface area (Å²) in [5.74, 6) is -1.11. The average molecular weight is 731 g/mol. The number of aryl methyl sites for hydroxylation is 1. The molecule has 24 heteroatoms. The van der Waals surface area contributed by atoms with E-state index in [4.69, 9.17) is 34.8 Å². The topological polar surface area (TPSA) is 284 Å². The molecule has 4 rings (SSSR count). The molecule has 0 aliphatic carbocycles. The van der Waals surface area contributed by atoms with Crippen LogP contribution in [-0.4, -0.2) is 63.8 Å². The van der Waals surface area contributed by atoms with Crippen molar-refractivity contribution < 1.29 is 44.0 Å². The fourth-order valence-electron chi connectivity index (χ4n) is 3.50. The minimum atomic E-state index is -5.05. The fraction of sp³-hybridized carbons (Fsp3) is 0.0500. The molecule has 0 fully saturated rings. The maximum atomic E-state index is 13.2. The van der Waals surface area contributed by atoms with E-state index in [1.165, 1.54) is 6.92 Å². The van der Waals surface area contributed by atoms with Gasteiger partial charge in [-0.15, -0.1) is 10.2 Å². The zero-order valence-electron chi connectivity index (χ0n) is 21.1. The van der Waals surface area contributed by atoms with E-state index in [0.717, 1.165) is 6.07 Å². The van der Waals surface area contributed by atoms with Crippen LogP contribution in [0.2, 0.25) is 15.5 Å². The van der Waals surface area contributed by atoms with Crippen molar-refractivity contribution in [2.45, 2.75) is 21.6 Å². The number of aromatic amines is 1. The number of halogens is 3. The first-order valence-corrected chi connectivity index (χ1v) is 16.5. The van der Waals surface area contributed by atoms with Crippen LogP contribution in [0.5, 0.6) is 5.75 Å². The van der Waals surface area contributed by atoms with Gasteiger partial charge >= 0.3 is 0 Å². The Morgan fingerprint density at radius 3 is 2.11 bits per heavy atom. The van der Waals surface area contributed by atoms with E-state index in [0.29, 0.717) is 28.9 Å². The van der Waals surface area contributed by atoms with Crippen molar-refractivity contribution in [1.29, 1.82) is 0 Å². The summed E-state index contributed by atoms with van der Waals surface area (Å²) in [4.78, 5) is 18.0. The molecule has 0 aliphatic heterocycles. The largest absolute Gasteiger partial charge is 0.504 e. The normalized spacial score (nSPS) is 12.6. The van der Waals surface area contributed by atoms with E-state index < -0.39 is 79.1 Å². The number of aromatic hydroxyl groups is 1. The predicted octanol–water partition coefficient (Wildman–Crippen LogP) is 3.83. The Balaban J connectivity index is 1.87. The lowest BCUT2D eigenvalue weighted by atomic mass is 10.2. The predicted molar refractivity (Wildman–Crippen MR) is 153 cm³/mol. The third kappa shape index (κ3) is 6.85. The molecule has 0 bridgehead atoms. The maximum absolute atomic E-state index is 13.2. The molecule has 2 aromatic heterocycles. The number of azo groups is 1. The maximum Gasteiger partial charge on any atom is 0.299 e. The number of nitrogens with one attached hydrogen (secondary N) is 2. The van der Waals surface area contributed by atoms with Crippen molar-refractivity contribution in [2.24, 2.45) is 10.2 Å². The standard InChI is InChI=1S/C20H14Cl3N7O11S3/c1-7-15(19(32)30(29-7)12-6-8(42(33,34)35)2-3-13(12)44(39,40)41)28-27-11-5-9(43(36,37)38)4-10(16(11)31)24-18-14(21)17(22)25-20(23)26-18/h2-6,29,31H,1H3,(H,24,25,26)(H,33,34,35)(H,36,37,38)(H,39,40,41). The van der Waals surface area contributed by atoms with Gasteiger partial charge < -0.3 is 10.4 Å². The van der Waals surface area contributed by atoms with Crippen LogP contribution in [0.1, 0.15) is 5.69 Å². The molecule has 4 aromatic rings. The number of H-pyrrole nitrogens is 1. The lowest BCUT2D eigenvalue weighted by Gasteiger charge is -2.12. The zero-order chi connectivity index (χ0) is 32.9. The van der Waals surface area contributed by atoms with E-state index in [-0.39, 0.29) is 27.0 Å². The van der Waals surface area contributed by atoms with Crippen LogP contribution >= 0.6 is 34.8 Å². The van der Waals surface area contributed by atoms with Crippen molar-refractivity contribution in [3.8, 4) is 11.4 Å². The van der Waals surface area contributed by atoms with Gasteiger partial charge in [-0.2, -0.15) is 30.2 Å². The molecular formula is C20H14Cl3N7O11S3. The van der Waals surface area contributed by atoms with Crippen molar-refractivity contribution >= 4 is 88.0 Å². The Kier molecular flexibility index (Phi) is 8.82. The van der Waals surface area contributed by atoms with Crippen molar-refractivity contribution in [2.75, 3.05) is 5.32 Å². The molecule has 44 heavy (non-hydrogen) atoms. The molecule has 18 nitrogen and oxygen atoms in total. The number of benzene rings is 2. The van der Waals surface area contributed by atoms with Crippen molar-refractivity contribution in [3.63, 3.8) is 0 Å². The van der Waals surface area contributed by atoms with Crippen molar-refractivity contribution in [3.05, 3.63) is 61.8 Å². The number of hydrogen-bond donors (Lipinski definition) is 6. The summed E-state index contributed by atoms with van der Waals surface area (Å²) < 4.78 is 99.9. The van der Waals surface area contributed by atoms with Crippen LogP contribution in [0.3, 0.4) is 0 Å². The molecule has 0 saturated carbocycles. The smallest absolute Gasteiger partial charge is 0.299 e. The van der Waals surface area contributed by atoms with Gasteiger partial charge in [-0.1, -0.05) is 23.2 Å². The van der Waals surface area contributed by atoms with Crippen LogP contribution in [0, 0.1) is 6.92 Å². The Bertz CT molecular complexity index is 2270. The van der Waals surface area contributed by atoms with E-state index in [1.54, 1.807) is 0 Å². The number of phenolic OH excluding ortho intramolecular Hbond substituents is 1. The van der Waals surface area contributed by atoms with Crippen LogP contribution in [0.4, 0.5) is 22.9 Å². The molecule has 0 atom stereocenters. The second-order valence-corrected chi connectivity index (χ2v) is 13.7. The van der Waals surface area contributed by atoms with Crippen molar-refractivity contribution in [1.82, 2.24) is 19.7 Å². The summed E-state index contributed by atoms with van der Waals surface area (Å²) in [7, 11) is -14.9. The van der Waals surface area contributed by atoms with Crippen LogP contribution < -0.4 is 10.9 Å². The van der Waals surface area contributed by atoms with Crippen LogP contribution in [0.15, 0.2) is 60.0 Å². The summed E-state index contributed by atoms with van der Waals surface area (Å²) in [6.07, 6.45) is 0. The fourth-order valence-corrected chi connectivity index (χ4v) is 5.69. The molecule has 0 unspecified atom stereocenters. The third-order valence-corrected chi connectivity index (χ3v) is 8.92. The first kappa shape index (κ1) is 33.2. The summed E-state index contributed by atoms with van der Waals surface area (Å²) in [6, 6.07) is 3.30. The van der Waals surface area contributed by atoms with E-state index in [9.17, 15) is 48.8 Å². The summed E-state index contributed by atoms with van der Waals surface area (Å²) >= 11 is 17.6. The minimum absolute atomic E-state index is 0.127. The van der Waals surface area contributed by atoms with Crippen LogP contribution in [-0.2, 0) is 30.4 Å². The highest BCUT2D eigenvalue weighted by atomic mass is 35.5. The lowest BCUT2D eigenvalue weighted by Crippen LogP contribution is -2.18. The highest BCUT2D eigenvalue weighted by Crippen LogP contribution is 2.41. The summed E-state index contributed by atoms with van der Waals surface area (Å²) in [5, 5.41) is 22.0. The molecule has 2 aromatic carbocycles. The number of rotatable bonds is 8. The molecule has 234 valence electrons. The highest BCUT2D eigenvalue weighted by molar-refractivity contribution is 7.86. The molecule has 0 amide bonds. The number of nitrogens with zero attached hydrogens (tertiary/aromatic N) is 5. The molecule has 6 N–H and O–H groups in total. The summed E-state index contributed by atoms with van der Waals surface area (Å²) in [6.45, 7) is 1.25. The summed E-state index contributed by atoms with van der Waals surface area (Å²) in [5.41, 5.74) is -3.73. The molecule has 0 aliphatic rings. The first-order valence-electron chi connectivity index (χ1n) is 11.0. The van der Waals surface area contributed by atoms with E-state index >= 15 is 0 Å². The average Bonchev–Trinajstić information content (AvgIpc) is 3.18. The van der Waals surface area contributed by atoms with Gasteiger partial charge in [0, 0.05) is 0 Å². The van der Waals surface area contributed by atoms with Gasteiger partial charge in [0.15, 0.2) is 22.4 Å². The molecule has 0 spiro atoms. The molecule has 2 heterocycles. The lowest BCUT2D eigenvalue weighted by molar-refractivity contribution is 0.475. The van der Waals surface area contributed by atoms with Gasteiger partial charge in [0.2, 0.25) is 5.28 Å². The van der Waals surface area contributed by atoms with E-state index in [2.05, 4.69) is 30.6 Å². The number of hydrogen-bond acceptors (Lipinski definition) is 13. The minimum Gasteiger partial charge on any atom is -0.504 e. The van der Waals surface area contributed by atoms with Gasteiger partial charge in [0.25, 0.3) is 35.9 Å². The van der Waals surface area contributed by atoms with Gasteiger partial charge in [-0.05, 0) is 48.9 Å². The SMILES string of the molecule is Cc1[nH]n(-c2cc(S(=O)(=O)O)ccc2S(=O)(=O)O)c(=O)c1N=Nc1cc(S(=O)(=O)O)cc(Nc2nc(Cl)nc(Cl)c2Cl)c1O. The number of phenols is 1. The Hall–Kier alpha value is -3.67. The van der Waals surface area contributed by atoms with Gasteiger partial charge in [0.05, 0.1) is 26.9 Å². The van der Waals surface area contributed by atoms with E-state index in [1.807, 2.05) is 0 Å². The Labute approximate surface area is 261 Å². The van der Waals surface area contributed by atoms with Gasteiger partial charge in [-0.25, -0.2) is 9.67 Å². The first-order chi connectivity index (χ1) is 20.2. The quantitative estimate of drug-likeness (QED) is 0.0494. The second kappa shape index (κ2) is 11.7. The van der Waals surface area contributed by atoms with Gasteiger partial charge in [-0.3, -0.25) is 23.6 Å². The second-order valence-electron chi connectivity index (χ2n) is 8.39. The zero-order valence-corrected chi connectivity index (χ0v) is 25.8. The molecule has 0 saturated heterocycles. The Morgan fingerprint density at radius 1 is 0.886 bits per heavy atom. The van der Waals surface area contributed by atoms with Crippen LogP contribution in [0.25, 0.3) is 5.69 Å². The number of anilines is 2.